The van der Waals surface area contributed by atoms with Gasteiger partial charge in [0.25, 0.3) is 0 Å². The van der Waals surface area contributed by atoms with E-state index in [1.54, 1.807) is 6.07 Å². The van der Waals surface area contributed by atoms with Crippen molar-refractivity contribution in [3.05, 3.63) is 34.6 Å². The van der Waals surface area contributed by atoms with Crippen molar-refractivity contribution in [2.45, 2.75) is 33.2 Å². The molecule has 0 spiro atoms. The minimum Gasteiger partial charge on any atom is -0.329 e. The van der Waals surface area contributed by atoms with Gasteiger partial charge in [0.15, 0.2) is 0 Å². The number of hydrogen-bond acceptors (Lipinski definition) is 2. The second-order valence-electron chi connectivity index (χ2n) is 5.06. The van der Waals surface area contributed by atoms with Crippen molar-refractivity contribution in [1.82, 2.24) is 4.90 Å². The van der Waals surface area contributed by atoms with Gasteiger partial charge in [-0.15, -0.1) is 0 Å². The van der Waals surface area contributed by atoms with Crippen LogP contribution in [0.15, 0.2) is 18.2 Å². The van der Waals surface area contributed by atoms with Crippen molar-refractivity contribution >= 4 is 11.6 Å². The van der Waals surface area contributed by atoms with E-state index >= 15 is 0 Å². The topological polar surface area (TPSA) is 29.3 Å². The van der Waals surface area contributed by atoms with E-state index in [0.29, 0.717) is 17.5 Å². The van der Waals surface area contributed by atoms with Crippen molar-refractivity contribution < 1.29 is 4.39 Å². The summed E-state index contributed by atoms with van der Waals surface area (Å²) in [7, 11) is 0. The summed E-state index contributed by atoms with van der Waals surface area (Å²) in [6, 6.07) is 4.68. The average Bonchev–Trinajstić information content (AvgIpc) is 2.37. The highest BCUT2D eigenvalue weighted by Gasteiger charge is 2.20. The average molecular weight is 287 g/mol. The molecule has 0 aliphatic rings. The summed E-state index contributed by atoms with van der Waals surface area (Å²) < 4.78 is 13.5. The molecule has 2 N–H and O–H groups in total. The molecule has 0 amide bonds. The van der Waals surface area contributed by atoms with E-state index < -0.39 is 0 Å². The van der Waals surface area contributed by atoms with Gasteiger partial charge in [0.2, 0.25) is 0 Å². The zero-order chi connectivity index (χ0) is 14.4. The second-order valence-corrected chi connectivity index (χ2v) is 5.49. The van der Waals surface area contributed by atoms with Crippen LogP contribution in [0.1, 0.15) is 38.8 Å². The number of hydrogen-bond donors (Lipinski definition) is 1. The molecule has 0 aliphatic carbocycles. The fourth-order valence-electron chi connectivity index (χ4n) is 2.27. The first-order valence-electron chi connectivity index (χ1n) is 6.91. The van der Waals surface area contributed by atoms with Gasteiger partial charge in [-0.3, -0.25) is 4.90 Å². The summed E-state index contributed by atoms with van der Waals surface area (Å²) >= 11 is 5.93. The Hall–Kier alpha value is -0.640. The Morgan fingerprint density at radius 1 is 1.32 bits per heavy atom. The predicted octanol–water partition coefficient (Wildman–Crippen LogP) is 3.85. The standard InChI is InChI=1S/C15H24ClFN2/c1-4-11(3)10-19(5-2)15(9-18)12-6-13(16)8-14(17)7-12/h6-8,11,15H,4-5,9-10,18H2,1-3H3. The summed E-state index contributed by atoms with van der Waals surface area (Å²) in [5, 5.41) is 0.424. The first-order valence-corrected chi connectivity index (χ1v) is 7.29. The highest BCUT2D eigenvalue weighted by Crippen LogP contribution is 2.25. The third-order valence-electron chi connectivity index (χ3n) is 3.58. The zero-order valence-corrected chi connectivity index (χ0v) is 12.8. The zero-order valence-electron chi connectivity index (χ0n) is 12.0. The number of rotatable bonds is 7. The molecule has 0 saturated carbocycles. The van der Waals surface area contributed by atoms with Crippen molar-refractivity contribution in [1.29, 1.82) is 0 Å². The third-order valence-corrected chi connectivity index (χ3v) is 3.80. The third kappa shape index (κ3) is 4.75. The lowest BCUT2D eigenvalue weighted by Gasteiger charge is -2.32. The summed E-state index contributed by atoms with van der Waals surface area (Å²) in [5.74, 6) is 0.290. The number of likely N-dealkylation sites (N-methyl/N-ethyl adjacent to an activating group) is 1. The van der Waals surface area contributed by atoms with Crippen LogP contribution in [0.5, 0.6) is 0 Å². The van der Waals surface area contributed by atoms with Crippen LogP contribution in [0.3, 0.4) is 0 Å². The van der Waals surface area contributed by atoms with Crippen molar-refractivity contribution in [3.63, 3.8) is 0 Å². The van der Waals surface area contributed by atoms with E-state index in [1.807, 2.05) is 0 Å². The van der Waals surface area contributed by atoms with Gasteiger partial charge in [-0.2, -0.15) is 0 Å². The van der Waals surface area contributed by atoms with Gasteiger partial charge in [-0.25, -0.2) is 4.39 Å². The van der Waals surface area contributed by atoms with Crippen molar-refractivity contribution in [2.75, 3.05) is 19.6 Å². The first-order chi connectivity index (χ1) is 9.01. The predicted molar refractivity (Wildman–Crippen MR) is 79.9 cm³/mol. The van der Waals surface area contributed by atoms with E-state index in [0.717, 1.165) is 25.1 Å². The maximum atomic E-state index is 13.5. The molecule has 0 saturated heterocycles. The Balaban J connectivity index is 2.96. The molecule has 1 aromatic rings. The fourth-order valence-corrected chi connectivity index (χ4v) is 2.50. The molecule has 2 unspecified atom stereocenters. The van der Waals surface area contributed by atoms with Crippen LogP contribution < -0.4 is 5.73 Å². The maximum Gasteiger partial charge on any atom is 0.125 e. The number of benzene rings is 1. The number of nitrogens with two attached hydrogens (primary N) is 1. The van der Waals surface area contributed by atoms with Crippen LogP contribution in [-0.4, -0.2) is 24.5 Å². The molecule has 0 radical (unpaired) electrons. The van der Waals surface area contributed by atoms with E-state index in [-0.39, 0.29) is 11.9 Å². The monoisotopic (exact) mass is 286 g/mol. The molecule has 19 heavy (non-hydrogen) atoms. The number of halogens is 2. The molecule has 2 nitrogen and oxygen atoms in total. The highest BCUT2D eigenvalue weighted by molar-refractivity contribution is 6.30. The summed E-state index contributed by atoms with van der Waals surface area (Å²) in [6.45, 7) is 8.81. The van der Waals surface area contributed by atoms with E-state index in [9.17, 15) is 4.39 Å². The summed E-state index contributed by atoms with van der Waals surface area (Å²) in [6.07, 6.45) is 1.12. The number of nitrogens with zero attached hydrogens (tertiary/aromatic N) is 1. The first kappa shape index (κ1) is 16.4. The van der Waals surface area contributed by atoms with Crippen LogP contribution in [0.25, 0.3) is 0 Å². The lowest BCUT2D eigenvalue weighted by atomic mass is 10.0. The van der Waals surface area contributed by atoms with Gasteiger partial charge in [0, 0.05) is 24.2 Å². The van der Waals surface area contributed by atoms with E-state index in [2.05, 4.69) is 25.7 Å². The maximum absolute atomic E-state index is 13.5. The molecule has 0 aromatic heterocycles. The molecule has 1 aromatic carbocycles. The van der Waals surface area contributed by atoms with Gasteiger partial charge in [-0.05, 0) is 36.2 Å². The summed E-state index contributed by atoms with van der Waals surface area (Å²) in [5.41, 5.74) is 6.75. The van der Waals surface area contributed by atoms with E-state index in [4.69, 9.17) is 17.3 Å². The van der Waals surface area contributed by atoms with Crippen molar-refractivity contribution in [3.8, 4) is 0 Å². The smallest absolute Gasteiger partial charge is 0.125 e. The largest absolute Gasteiger partial charge is 0.329 e. The molecule has 0 fully saturated rings. The fraction of sp³-hybridized carbons (Fsp3) is 0.600. The lowest BCUT2D eigenvalue weighted by molar-refractivity contribution is 0.182. The minimum absolute atomic E-state index is 0.0206. The Kier molecular flexibility index (Phi) is 6.76. The molecular weight excluding hydrogens is 263 g/mol. The molecule has 2 atom stereocenters. The summed E-state index contributed by atoms with van der Waals surface area (Å²) in [4.78, 5) is 2.29. The SMILES string of the molecule is CCC(C)CN(CC)C(CN)c1cc(F)cc(Cl)c1. The van der Waals surface area contributed by atoms with Gasteiger partial charge in [-0.1, -0.05) is 38.8 Å². The molecule has 0 aliphatic heterocycles. The minimum atomic E-state index is -0.305. The molecular formula is C15H24ClFN2. The van der Waals surface area contributed by atoms with Gasteiger partial charge >= 0.3 is 0 Å². The Labute approximate surface area is 120 Å². The Bertz CT molecular complexity index is 377. The normalized spacial score (nSPS) is 14.7. The van der Waals surface area contributed by atoms with E-state index in [1.165, 1.54) is 12.1 Å². The molecule has 0 bridgehead atoms. The molecule has 1 rings (SSSR count). The van der Waals surface area contributed by atoms with Crippen molar-refractivity contribution in [2.24, 2.45) is 11.7 Å². The van der Waals surface area contributed by atoms with Crippen LogP contribution in [0.4, 0.5) is 4.39 Å². The van der Waals surface area contributed by atoms with Gasteiger partial charge < -0.3 is 5.73 Å². The Morgan fingerprint density at radius 2 is 2.00 bits per heavy atom. The van der Waals surface area contributed by atoms with Crippen LogP contribution in [0.2, 0.25) is 5.02 Å². The van der Waals surface area contributed by atoms with Crippen LogP contribution in [-0.2, 0) is 0 Å². The van der Waals surface area contributed by atoms with Gasteiger partial charge in [0.05, 0.1) is 0 Å². The highest BCUT2D eigenvalue weighted by atomic mass is 35.5. The second kappa shape index (κ2) is 7.83. The molecule has 108 valence electrons. The Morgan fingerprint density at radius 3 is 2.47 bits per heavy atom. The molecule has 4 heteroatoms. The van der Waals surface area contributed by atoms with Gasteiger partial charge in [0.1, 0.15) is 5.82 Å². The van der Waals surface area contributed by atoms with Crippen LogP contribution >= 0.6 is 11.6 Å². The lowest BCUT2D eigenvalue weighted by Crippen LogP contribution is -2.36. The molecule has 0 heterocycles. The quantitative estimate of drug-likeness (QED) is 0.825. The van der Waals surface area contributed by atoms with Crippen LogP contribution in [0, 0.1) is 11.7 Å².